The summed E-state index contributed by atoms with van der Waals surface area (Å²) in [5, 5.41) is 11.6. The quantitative estimate of drug-likeness (QED) is 0.417. The van der Waals surface area contributed by atoms with Gasteiger partial charge in [-0.15, -0.1) is 0 Å². The molecule has 142 valence electrons. The molecule has 0 bridgehead atoms. The molecule has 0 aliphatic carbocycles. The van der Waals surface area contributed by atoms with Gasteiger partial charge in [0.2, 0.25) is 0 Å². The second kappa shape index (κ2) is 6.56. The number of carbonyl (C=O) groups is 1. The molecule has 2 aromatic carbocycles. The van der Waals surface area contributed by atoms with E-state index in [4.69, 9.17) is 0 Å². The number of halogens is 1. The second-order valence-electron chi connectivity index (χ2n) is 6.87. The van der Waals surface area contributed by atoms with Crippen molar-refractivity contribution in [2.75, 3.05) is 5.32 Å². The summed E-state index contributed by atoms with van der Waals surface area (Å²) in [5.74, 6) is -0.659. The molecule has 0 atom stereocenters. The van der Waals surface area contributed by atoms with Crippen LogP contribution in [0.5, 0.6) is 0 Å². The maximum absolute atomic E-state index is 14.2. The van der Waals surface area contributed by atoms with Crippen LogP contribution in [-0.4, -0.2) is 26.1 Å². The van der Waals surface area contributed by atoms with Crippen LogP contribution in [0.3, 0.4) is 0 Å². The van der Waals surface area contributed by atoms with E-state index in [-0.39, 0.29) is 11.7 Å². The van der Waals surface area contributed by atoms with E-state index >= 15 is 0 Å². The molecule has 5 rings (SSSR count). The summed E-state index contributed by atoms with van der Waals surface area (Å²) in [6.45, 7) is 1.83. The molecule has 6 nitrogen and oxygen atoms in total. The van der Waals surface area contributed by atoms with Gasteiger partial charge >= 0.3 is 0 Å². The van der Waals surface area contributed by atoms with Crippen molar-refractivity contribution in [3.8, 4) is 11.1 Å². The minimum atomic E-state index is -0.339. The maximum atomic E-state index is 14.2. The van der Waals surface area contributed by atoms with Gasteiger partial charge in [-0.05, 0) is 60.5 Å². The fraction of sp³-hybridized carbons (Fsp3) is 0.0455. The van der Waals surface area contributed by atoms with Gasteiger partial charge in [-0.25, -0.2) is 9.37 Å². The normalized spacial score (nSPS) is 11.2. The standard InChI is InChI=1S/C22H16FN5O/c1-12-3-2-4-18(26-12)22(29)27-20-7-13(8-21-17(20)11-25-28-21)16-9-14(23)10-19-15(16)5-6-24-19/h2-11,24H,1H3,(H,25,28)(H,27,29). The molecular weight excluding hydrogens is 369 g/mol. The van der Waals surface area contributed by atoms with E-state index < -0.39 is 0 Å². The monoisotopic (exact) mass is 385 g/mol. The van der Waals surface area contributed by atoms with Gasteiger partial charge in [0.05, 0.1) is 17.4 Å². The summed E-state index contributed by atoms with van der Waals surface area (Å²) in [5.41, 5.74) is 4.59. The van der Waals surface area contributed by atoms with E-state index in [1.165, 1.54) is 12.1 Å². The Balaban J connectivity index is 1.64. The average Bonchev–Trinajstić information content (AvgIpc) is 3.36. The van der Waals surface area contributed by atoms with E-state index in [0.29, 0.717) is 16.9 Å². The van der Waals surface area contributed by atoms with Gasteiger partial charge in [0.1, 0.15) is 11.5 Å². The van der Waals surface area contributed by atoms with Crippen molar-refractivity contribution in [1.29, 1.82) is 0 Å². The first-order chi connectivity index (χ1) is 14.1. The first-order valence-corrected chi connectivity index (χ1v) is 9.07. The first kappa shape index (κ1) is 17.1. The highest BCUT2D eigenvalue weighted by atomic mass is 19.1. The molecule has 0 fully saturated rings. The highest BCUT2D eigenvalue weighted by Crippen LogP contribution is 2.34. The Hall–Kier alpha value is -4.00. The van der Waals surface area contributed by atoms with Gasteiger partial charge in [-0.2, -0.15) is 5.10 Å². The number of fused-ring (bicyclic) bond motifs is 2. The molecule has 0 saturated heterocycles. The molecular formula is C22H16FN5O. The third-order valence-corrected chi connectivity index (χ3v) is 4.87. The number of H-pyrrole nitrogens is 2. The summed E-state index contributed by atoms with van der Waals surface area (Å²) >= 11 is 0. The van der Waals surface area contributed by atoms with Crippen molar-refractivity contribution in [3.05, 3.63) is 78.1 Å². The minimum Gasteiger partial charge on any atom is -0.361 e. The number of benzene rings is 2. The Bertz CT molecular complexity index is 1380. The lowest BCUT2D eigenvalue weighted by atomic mass is 9.99. The van der Waals surface area contributed by atoms with Crippen molar-refractivity contribution in [2.45, 2.75) is 6.92 Å². The summed E-state index contributed by atoms with van der Waals surface area (Å²) in [7, 11) is 0. The molecule has 0 unspecified atom stereocenters. The number of nitrogens with zero attached hydrogens (tertiary/aromatic N) is 2. The zero-order valence-electron chi connectivity index (χ0n) is 15.5. The van der Waals surface area contributed by atoms with Crippen molar-refractivity contribution >= 4 is 33.4 Å². The summed E-state index contributed by atoms with van der Waals surface area (Å²) in [4.78, 5) is 20.0. The van der Waals surface area contributed by atoms with Crippen LogP contribution in [0.1, 0.15) is 16.2 Å². The Morgan fingerprint density at radius 1 is 1.07 bits per heavy atom. The van der Waals surface area contributed by atoms with Gasteiger partial charge < -0.3 is 10.3 Å². The van der Waals surface area contributed by atoms with Gasteiger partial charge in [-0.3, -0.25) is 9.89 Å². The lowest BCUT2D eigenvalue weighted by molar-refractivity contribution is 0.102. The highest BCUT2D eigenvalue weighted by molar-refractivity contribution is 6.09. The fourth-order valence-corrected chi connectivity index (χ4v) is 3.54. The number of aryl methyl sites for hydroxylation is 1. The first-order valence-electron chi connectivity index (χ1n) is 9.07. The fourth-order valence-electron chi connectivity index (χ4n) is 3.54. The molecule has 0 aliphatic rings. The van der Waals surface area contributed by atoms with Crippen molar-refractivity contribution < 1.29 is 9.18 Å². The molecule has 0 spiro atoms. The number of pyridine rings is 1. The molecule has 0 radical (unpaired) electrons. The number of amides is 1. The minimum absolute atomic E-state index is 0.320. The summed E-state index contributed by atoms with van der Waals surface area (Å²) in [6, 6.07) is 13.8. The molecule has 0 aliphatic heterocycles. The van der Waals surface area contributed by atoms with E-state index in [1.807, 2.05) is 31.2 Å². The van der Waals surface area contributed by atoms with E-state index in [0.717, 1.165) is 33.1 Å². The Kier molecular flexibility index (Phi) is 3.87. The van der Waals surface area contributed by atoms with Crippen LogP contribution in [0.2, 0.25) is 0 Å². The molecule has 3 aromatic heterocycles. The molecule has 1 amide bonds. The number of hydrogen-bond acceptors (Lipinski definition) is 3. The Labute approximate surface area is 164 Å². The van der Waals surface area contributed by atoms with Gasteiger partial charge in [0, 0.05) is 28.2 Å². The van der Waals surface area contributed by atoms with Crippen LogP contribution in [0.4, 0.5) is 10.1 Å². The van der Waals surface area contributed by atoms with Crippen LogP contribution >= 0.6 is 0 Å². The average molecular weight is 385 g/mol. The number of carbonyl (C=O) groups excluding carboxylic acids is 1. The zero-order valence-corrected chi connectivity index (χ0v) is 15.5. The largest absolute Gasteiger partial charge is 0.361 e. The molecule has 3 N–H and O–H groups in total. The molecule has 3 heterocycles. The predicted octanol–water partition coefficient (Wildman–Crippen LogP) is 4.81. The molecule has 7 heteroatoms. The van der Waals surface area contributed by atoms with Crippen LogP contribution in [-0.2, 0) is 0 Å². The topological polar surface area (TPSA) is 86.5 Å². The second-order valence-corrected chi connectivity index (χ2v) is 6.87. The van der Waals surface area contributed by atoms with Gasteiger partial charge in [0.25, 0.3) is 5.91 Å². The SMILES string of the molecule is Cc1cccc(C(=O)Nc2cc(-c3cc(F)cc4[nH]ccc34)cc3[nH]ncc23)n1. The number of nitrogens with one attached hydrogen (secondary N) is 3. The number of aromatic amines is 2. The highest BCUT2D eigenvalue weighted by Gasteiger charge is 2.15. The van der Waals surface area contributed by atoms with E-state index in [9.17, 15) is 9.18 Å². The van der Waals surface area contributed by atoms with Crippen LogP contribution < -0.4 is 5.32 Å². The zero-order chi connectivity index (χ0) is 20.0. The third-order valence-electron chi connectivity index (χ3n) is 4.87. The third kappa shape index (κ3) is 3.02. The van der Waals surface area contributed by atoms with Gasteiger partial charge in [-0.1, -0.05) is 6.07 Å². The predicted molar refractivity (Wildman–Crippen MR) is 110 cm³/mol. The van der Waals surface area contributed by atoms with Gasteiger partial charge in [0.15, 0.2) is 0 Å². The number of rotatable bonds is 3. The lowest BCUT2D eigenvalue weighted by Crippen LogP contribution is -2.14. The van der Waals surface area contributed by atoms with Crippen molar-refractivity contribution in [2.24, 2.45) is 0 Å². The lowest BCUT2D eigenvalue weighted by Gasteiger charge is -2.11. The molecule has 5 aromatic rings. The molecule has 0 saturated carbocycles. The summed E-state index contributed by atoms with van der Waals surface area (Å²) in [6.07, 6.45) is 3.42. The van der Waals surface area contributed by atoms with Crippen LogP contribution in [0, 0.1) is 12.7 Å². The van der Waals surface area contributed by atoms with E-state index in [2.05, 4.69) is 25.5 Å². The number of hydrogen-bond donors (Lipinski definition) is 3. The smallest absolute Gasteiger partial charge is 0.274 e. The summed E-state index contributed by atoms with van der Waals surface area (Å²) < 4.78 is 14.2. The van der Waals surface area contributed by atoms with Crippen LogP contribution in [0.25, 0.3) is 32.9 Å². The van der Waals surface area contributed by atoms with Crippen LogP contribution in [0.15, 0.2) is 60.9 Å². The van der Waals surface area contributed by atoms with Crippen molar-refractivity contribution in [3.63, 3.8) is 0 Å². The Morgan fingerprint density at radius 3 is 2.83 bits per heavy atom. The molecule has 29 heavy (non-hydrogen) atoms. The number of aromatic nitrogens is 4. The Morgan fingerprint density at radius 2 is 1.97 bits per heavy atom. The van der Waals surface area contributed by atoms with Crippen molar-refractivity contribution in [1.82, 2.24) is 20.2 Å². The number of anilines is 1. The van der Waals surface area contributed by atoms with E-state index in [1.54, 1.807) is 24.5 Å². The maximum Gasteiger partial charge on any atom is 0.274 e.